The molecule has 2 rings (SSSR count). The molecule has 1 aliphatic rings. The molecule has 1 saturated heterocycles. The van der Waals surface area contributed by atoms with Crippen LogP contribution in [0.1, 0.15) is 20.3 Å². The van der Waals surface area contributed by atoms with Gasteiger partial charge in [-0.3, -0.25) is 4.79 Å². The van der Waals surface area contributed by atoms with E-state index >= 15 is 0 Å². The highest BCUT2D eigenvalue weighted by molar-refractivity contribution is 5.77. The Hall–Kier alpha value is -1.75. The van der Waals surface area contributed by atoms with Crippen LogP contribution in [0.4, 0.5) is 5.69 Å². The molecule has 1 aliphatic heterocycles. The zero-order chi connectivity index (χ0) is 15.9. The summed E-state index contributed by atoms with van der Waals surface area (Å²) in [5, 5.41) is 0. The van der Waals surface area contributed by atoms with Crippen LogP contribution >= 0.6 is 0 Å². The minimum absolute atomic E-state index is 0.0923. The zero-order valence-electron chi connectivity index (χ0n) is 13.7. The van der Waals surface area contributed by atoms with Gasteiger partial charge in [0.05, 0.1) is 13.2 Å². The van der Waals surface area contributed by atoms with Crippen LogP contribution in [0, 0.1) is 0 Å². The Kier molecular flexibility index (Phi) is 6.07. The minimum atomic E-state index is 0.0923. The number of piperazine rings is 1. The van der Waals surface area contributed by atoms with Crippen molar-refractivity contribution in [3.8, 4) is 5.75 Å². The fourth-order valence-corrected chi connectivity index (χ4v) is 2.43. The first kappa shape index (κ1) is 16.6. The molecule has 0 aromatic heterocycles. The SMILES string of the molecule is CC[C@@H](C)OCC(=O)N1CCN(c2ccc(OC)cc2)CC1. The fourth-order valence-electron chi connectivity index (χ4n) is 2.43. The van der Waals surface area contributed by atoms with Gasteiger partial charge in [0.2, 0.25) is 5.91 Å². The third kappa shape index (κ3) is 4.37. The maximum Gasteiger partial charge on any atom is 0.248 e. The second-order valence-electron chi connectivity index (χ2n) is 5.60. The average Bonchev–Trinajstić information content (AvgIpc) is 2.59. The molecular weight excluding hydrogens is 280 g/mol. The maximum absolute atomic E-state index is 12.1. The number of hydrogen-bond donors (Lipinski definition) is 0. The number of benzene rings is 1. The molecule has 1 fully saturated rings. The number of amides is 1. The highest BCUT2D eigenvalue weighted by Crippen LogP contribution is 2.20. The summed E-state index contributed by atoms with van der Waals surface area (Å²) >= 11 is 0. The second kappa shape index (κ2) is 8.03. The Bertz CT molecular complexity index is 467. The van der Waals surface area contributed by atoms with E-state index in [9.17, 15) is 4.79 Å². The van der Waals surface area contributed by atoms with Crippen molar-refractivity contribution >= 4 is 11.6 Å². The quantitative estimate of drug-likeness (QED) is 0.808. The van der Waals surface area contributed by atoms with Gasteiger partial charge in [-0.15, -0.1) is 0 Å². The monoisotopic (exact) mass is 306 g/mol. The Balaban J connectivity index is 1.80. The summed E-state index contributed by atoms with van der Waals surface area (Å²) in [6.45, 7) is 7.43. The summed E-state index contributed by atoms with van der Waals surface area (Å²) in [5.74, 6) is 0.953. The predicted octanol–water partition coefficient (Wildman–Crippen LogP) is 2.16. The Labute approximate surface area is 132 Å². The van der Waals surface area contributed by atoms with Crippen molar-refractivity contribution < 1.29 is 14.3 Å². The molecule has 5 heteroatoms. The third-order valence-electron chi connectivity index (χ3n) is 4.14. The van der Waals surface area contributed by atoms with Crippen LogP contribution in [0.5, 0.6) is 5.75 Å². The van der Waals surface area contributed by atoms with E-state index < -0.39 is 0 Å². The normalized spacial score (nSPS) is 16.5. The van der Waals surface area contributed by atoms with Gasteiger partial charge < -0.3 is 19.3 Å². The number of carbonyl (C=O) groups is 1. The molecule has 0 unspecified atom stereocenters. The molecule has 0 aliphatic carbocycles. The topological polar surface area (TPSA) is 42.0 Å². The molecule has 0 spiro atoms. The minimum Gasteiger partial charge on any atom is -0.497 e. The molecule has 1 heterocycles. The van der Waals surface area contributed by atoms with E-state index in [1.165, 1.54) is 5.69 Å². The van der Waals surface area contributed by atoms with Gasteiger partial charge in [0.1, 0.15) is 12.4 Å². The molecule has 122 valence electrons. The molecule has 1 atom stereocenters. The smallest absolute Gasteiger partial charge is 0.248 e. The van der Waals surface area contributed by atoms with Crippen LogP contribution in [0.3, 0.4) is 0 Å². The van der Waals surface area contributed by atoms with Crippen molar-refractivity contribution in [2.24, 2.45) is 0 Å². The summed E-state index contributed by atoms with van der Waals surface area (Å²) in [5.41, 5.74) is 1.17. The standard InChI is InChI=1S/C17H26N2O3/c1-4-14(2)22-13-17(20)19-11-9-18(10-12-19)15-5-7-16(21-3)8-6-15/h5-8,14H,4,9-13H2,1-3H3/t14-/m1/s1. The molecular formula is C17H26N2O3. The van der Waals surface area contributed by atoms with Crippen molar-refractivity contribution in [2.75, 3.05) is 44.8 Å². The van der Waals surface area contributed by atoms with Crippen molar-refractivity contribution in [3.05, 3.63) is 24.3 Å². The highest BCUT2D eigenvalue weighted by atomic mass is 16.5. The number of nitrogens with zero attached hydrogens (tertiary/aromatic N) is 2. The van der Waals surface area contributed by atoms with E-state index in [0.29, 0.717) is 0 Å². The molecule has 0 bridgehead atoms. The van der Waals surface area contributed by atoms with E-state index in [1.807, 2.05) is 24.0 Å². The number of ether oxygens (including phenoxy) is 2. The van der Waals surface area contributed by atoms with Gasteiger partial charge >= 0.3 is 0 Å². The van der Waals surface area contributed by atoms with Crippen LogP contribution in [0.15, 0.2) is 24.3 Å². The number of anilines is 1. The van der Waals surface area contributed by atoms with Crippen LogP contribution in [0.2, 0.25) is 0 Å². The molecule has 1 amide bonds. The largest absolute Gasteiger partial charge is 0.497 e. The van der Waals surface area contributed by atoms with E-state index in [0.717, 1.165) is 38.3 Å². The predicted molar refractivity (Wildman–Crippen MR) is 87.5 cm³/mol. The molecule has 0 N–H and O–H groups in total. The van der Waals surface area contributed by atoms with Gasteiger partial charge in [-0.25, -0.2) is 0 Å². The van der Waals surface area contributed by atoms with Crippen molar-refractivity contribution in [1.29, 1.82) is 0 Å². The van der Waals surface area contributed by atoms with Gasteiger partial charge in [-0.05, 0) is 37.6 Å². The first-order valence-electron chi connectivity index (χ1n) is 7.92. The molecule has 1 aromatic rings. The maximum atomic E-state index is 12.1. The van der Waals surface area contributed by atoms with Gasteiger partial charge in [-0.2, -0.15) is 0 Å². The van der Waals surface area contributed by atoms with Gasteiger partial charge in [0, 0.05) is 31.9 Å². The van der Waals surface area contributed by atoms with Crippen molar-refractivity contribution in [2.45, 2.75) is 26.4 Å². The Morgan fingerprint density at radius 1 is 1.18 bits per heavy atom. The molecule has 1 aromatic carbocycles. The van der Waals surface area contributed by atoms with Gasteiger partial charge in [0.15, 0.2) is 0 Å². The number of carbonyl (C=O) groups excluding carboxylic acids is 1. The van der Waals surface area contributed by atoms with Crippen molar-refractivity contribution in [3.63, 3.8) is 0 Å². The first-order chi connectivity index (χ1) is 10.6. The zero-order valence-corrected chi connectivity index (χ0v) is 13.7. The van der Waals surface area contributed by atoms with Crippen LogP contribution < -0.4 is 9.64 Å². The number of methoxy groups -OCH3 is 1. The molecule has 0 radical (unpaired) electrons. The average molecular weight is 306 g/mol. The molecule has 5 nitrogen and oxygen atoms in total. The lowest BCUT2D eigenvalue weighted by Gasteiger charge is -2.36. The Morgan fingerprint density at radius 2 is 1.82 bits per heavy atom. The Morgan fingerprint density at radius 3 is 2.36 bits per heavy atom. The fraction of sp³-hybridized carbons (Fsp3) is 0.588. The molecule has 22 heavy (non-hydrogen) atoms. The number of hydrogen-bond acceptors (Lipinski definition) is 4. The summed E-state index contributed by atoms with van der Waals surface area (Å²) in [6, 6.07) is 8.05. The van der Waals surface area contributed by atoms with Crippen LogP contribution in [0.25, 0.3) is 0 Å². The summed E-state index contributed by atoms with van der Waals surface area (Å²) < 4.78 is 10.7. The number of rotatable bonds is 6. The second-order valence-corrected chi connectivity index (χ2v) is 5.60. The van der Waals surface area contributed by atoms with E-state index in [1.54, 1.807) is 7.11 Å². The van der Waals surface area contributed by atoms with E-state index in [-0.39, 0.29) is 18.6 Å². The van der Waals surface area contributed by atoms with Gasteiger partial charge in [-0.1, -0.05) is 6.92 Å². The summed E-state index contributed by atoms with van der Waals surface area (Å²) in [4.78, 5) is 16.3. The third-order valence-corrected chi connectivity index (χ3v) is 4.14. The van der Waals surface area contributed by atoms with Crippen LogP contribution in [-0.4, -0.2) is 56.8 Å². The highest BCUT2D eigenvalue weighted by Gasteiger charge is 2.21. The lowest BCUT2D eigenvalue weighted by Crippen LogP contribution is -2.50. The van der Waals surface area contributed by atoms with Crippen molar-refractivity contribution in [1.82, 2.24) is 4.90 Å². The molecule has 0 saturated carbocycles. The summed E-state index contributed by atoms with van der Waals surface area (Å²) in [7, 11) is 1.67. The summed E-state index contributed by atoms with van der Waals surface area (Å²) in [6.07, 6.45) is 1.07. The van der Waals surface area contributed by atoms with E-state index in [4.69, 9.17) is 9.47 Å². The first-order valence-corrected chi connectivity index (χ1v) is 7.92. The van der Waals surface area contributed by atoms with Crippen LogP contribution in [-0.2, 0) is 9.53 Å². The van der Waals surface area contributed by atoms with E-state index in [2.05, 4.69) is 24.0 Å². The lowest BCUT2D eigenvalue weighted by molar-refractivity contribution is -0.138. The lowest BCUT2D eigenvalue weighted by atomic mass is 10.2. The van der Waals surface area contributed by atoms with Gasteiger partial charge in [0.25, 0.3) is 0 Å².